The van der Waals surface area contributed by atoms with Crippen LogP contribution in [0.3, 0.4) is 0 Å². The van der Waals surface area contributed by atoms with Gasteiger partial charge in [-0.1, -0.05) is 19.8 Å². The van der Waals surface area contributed by atoms with Crippen LogP contribution in [-0.2, 0) is 19.0 Å². The first kappa shape index (κ1) is 14.0. The number of hydrogen-bond donors (Lipinski definition) is 0. The maximum atomic E-state index is 11.1. The first-order valence-electron chi connectivity index (χ1n) is 5.85. The van der Waals surface area contributed by atoms with Crippen molar-refractivity contribution in [2.24, 2.45) is 11.8 Å². The zero-order chi connectivity index (χ0) is 13.0. The zero-order valence-electron chi connectivity index (χ0n) is 10.8. The van der Waals surface area contributed by atoms with E-state index in [1.54, 1.807) is 0 Å². The molecule has 1 aliphatic heterocycles. The highest BCUT2D eigenvalue weighted by atomic mass is 16.7. The van der Waals surface area contributed by atoms with E-state index in [0.717, 1.165) is 0 Å². The summed E-state index contributed by atoms with van der Waals surface area (Å²) in [7, 11) is 0. The van der Waals surface area contributed by atoms with E-state index < -0.39 is 12.4 Å². The molecule has 1 fully saturated rings. The van der Waals surface area contributed by atoms with Gasteiger partial charge in [0.15, 0.2) is 12.4 Å². The van der Waals surface area contributed by atoms with Gasteiger partial charge in [0.05, 0.1) is 6.10 Å². The molecule has 0 spiro atoms. The average molecular weight is 240 g/mol. The molecule has 1 rings (SSSR count). The van der Waals surface area contributed by atoms with Gasteiger partial charge in [-0.05, 0) is 12.8 Å². The van der Waals surface area contributed by atoms with Crippen molar-refractivity contribution in [1.29, 1.82) is 0 Å². The molecule has 0 aliphatic carbocycles. The Bertz CT molecular complexity index is 307. The highest BCUT2D eigenvalue weighted by Crippen LogP contribution is 2.32. The molecule has 1 aliphatic rings. The minimum absolute atomic E-state index is 0.0552. The Kier molecular flexibility index (Phi) is 4.98. The van der Waals surface area contributed by atoms with Crippen LogP contribution in [0.1, 0.15) is 27.7 Å². The fourth-order valence-electron chi connectivity index (χ4n) is 2.01. The van der Waals surface area contributed by atoms with Gasteiger partial charge in [0.1, 0.15) is 6.61 Å². The Morgan fingerprint density at radius 2 is 2.00 bits per heavy atom. The van der Waals surface area contributed by atoms with Crippen molar-refractivity contribution in [1.82, 2.24) is 0 Å². The van der Waals surface area contributed by atoms with Gasteiger partial charge in [-0.2, -0.15) is 0 Å². The molecule has 0 radical (unpaired) electrons. The third-order valence-corrected chi connectivity index (χ3v) is 3.34. The topological polar surface area (TPSA) is 44.8 Å². The molecule has 4 nitrogen and oxygen atoms in total. The number of carbonyl (C=O) groups excluding carboxylic acids is 1. The Morgan fingerprint density at radius 3 is 2.53 bits per heavy atom. The lowest BCUT2D eigenvalue weighted by Crippen LogP contribution is -2.51. The first-order valence-corrected chi connectivity index (χ1v) is 5.85. The van der Waals surface area contributed by atoms with E-state index in [4.69, 9.17) is 20.6 Å². The number of hydrogen-bond acceptors (Lipinski definition) is 4. The quantitative estimate of drug-likeness (QED) is 0.555. The predicted octanol–water partition coefficient (Wildman–Crippen LogP) is 1.58. The molecule has 0 N–H and O–H groups in total. The zero-order valence-corrected chi connectivity index (χ0v) is 10.8. The van der Waals surface area contributed by atoms with E-state index in [1.165, 1.54) is 6.92 Å². The maximum absolute atomic E-state index is 11.1. The largest absolute Gasteiger partial charge is 0.457 e. The smallest absolute Gasteiger partial charge is 0.303 e. The van der Waals surface area contributed by atoms with Crippen LogP contribution >= 0.6 is 0 Å². The fraction of sp³-hybridized carbons (Fsp3) is 0.769. The summed E-state index contributed by atoms with van der Waals surface area (Å²) in [6.07, 6.45) is 4.24. The molecule has 0 aromatic carbocycles. The highest BCUT2D eigenvalue weighted by molar-refractivity contribution is 5.66. The van der Waals surface area contributed by atoms with E-state index >= 15 is 0 Å². The van der Waals surface area contributed by atoms with Gasteiger partial charge >= 0.3 is 5.97 Å². The number of esters is 1. The van der Waals surface area contributed by atoms with E-state index in [1.807, 2.05) is 13.8 Å². The summed E-state index contributed by atoms with van der Waals surface area (Å²) in [5.74, 6) is 2.52. The van der Waals surface area contributed by atoms with Crippen LogP contribution < -0.4 is 0 Å². The Labute approximate surface area is 103 Å². The molecule has 5 atom stereocenters. The second-order valence-electron chi connectivity index (χ2n) is 4.52. The van der Waals surface area contributed by atoms with E-state index in [0.29, 0.717) is 5.92 Å². The van der Waals surface area contributed by atoms with Gasteiger partial charge in [0, 0.05) is 12.8 Å². The number of carbonyl (C=O) groups is 1. The summed E-state index contributed by atoms with van der Waals surface area (Å²) in [5.41, 5.74) is 0. The van der Waals surface area contributed by atoms with Gasteiger partial charge in [-0.15, -0.1) is 6.42 Å². The van der Waals surface area contributed by atoms with Crippen molar-refractivity contribution >= 4 is 5.97 Å². The third kappa shape index (κ3) is 3.45. The van der Waals surface area contributed by atoms with Gasteiger partial charge in [0.2, 0.25) is 0 Å². The number of ether oxygens (including phenoxy) is 3. The van der Waals surface area contributed by atoms with E-state index in [-0.39, 0.29) is 24.6 Å². The van der Waals surface area contributed by atoms with E-state index in [9.17, 15) is 4.79 Å². The Balaban J connectivity index is 2.75. The predicted molar refractivity (Wildman–Crippen MR) is 63.0 cm³/mol. The van der Waals surface area contributed by atoms with Crippen LogP contribution in [0.15, 0.2) is 0 Å². The van der Waals surface area contributed by atoms with Crippen molar-refractivity contribution in [3.05, 3.63) is 0 Å². The summed E-state index contributed by atoms with van der Waals surface area (Å²) in [5, 5.41) is 0. The molecule has 0 aromatic heterocycles. The summed E-state index contributed by atoms with van der Waals surface area (Å²) in [6, 6.07) is 0. The highest BCUT2D eigenvalue weighted by Gasteiger charge is 2.42. The molecular weight excluding hydrogens is 220 g/mol. The third-order valence-electron chi connectivity index (χ3n) is 3.34. The molecule has 17 heavy (non-hydrogen) atoms. The van der Waals surface area contributed by atoms with Crippen LogP contribution in [0.5, 0.6) is 0 Å². The van der Waals surface area contributed by atoms with Gasteiger partial charge in [0.25, 0.3) is 0 Å². The SMILES string of the molecule is C#CCO[C@@H]1OC(C)[C@H](C)[C@H](C)C1OC(C)=O. The second kappa shape index (κ2) is 6.04. The Morgan fingerprint density at radius 1 is 1.35 bits per heavy atom. The summed E-state index contributed by atoms with van der Waals surface area (Å²) in [4.78, 5) is 11.1. The van der Waals surface area contributed by atoms with Gasteiger partial charge in [-0.25, -0.2) is 0 Å². The molecule has 0 amide bonds. The van der Waals surface area contributed by atoms with Crippen molar-refractivity contribution in [3.8, 4) is 12.3 Å². The number of terminal acetylenes is 1. The normalized spacial score (nSPS) is 37.2. The molecule has 1 saturated heterocycles. The second-order valence-corrected chi connectivity index (χ2v) is 4.52. The lowest BCUT2D eigenvalue weighted by molar-refractivity contribution is -0.267. The summed E-state index contributed by atoms with van der Waals surface area (Å²) >= 11 is 0. The average Bonchev–Trinajstić information content (AvgIpc) is 2.27. The molecule has 0 bridgehead atoms. The summed E-state index contributed by atoms with van der Waals surface area (Å²) < 4.78 is 16.4. The minimum Gasteiger partial charge on any atom is -0.457 e. The maximum Gasteiger partial charge on any atom is 0.303 e. The molecule has 96 valence electrons. The lowest BCUT2D eigenvalue weighted by Gasteiger charge is -2.42. The fourth-order valence-corrected chi connectivity index (χ4v) is 2.01. The van der Waals surface area contributed by atoms with Crippen molar-refractivity contribution in [2.45, 2.75) is 46.2 Å². The lowest BCUT2D eigenvalue weighted by atomic mass is 9.84. The van der Waals surface area contributed by atoms with Crippen LogP contribution in [-0.4, -0.2) is 31.1 Å². The monoisotopic (exact) mass is 240 g/mol. The van der Waals surface area contributed by atoms with Crippen molar-refractivity contribution < 1.29 is 19.0 Å². The Hall–Kier alpha value is -1.05. The summed E-state index contributed by atoms with van der Waals surface area (Å²) in [6.45, 7) is 7.62. The van der Waals surface area contributed by atoms with Crippen LogP contribution in [0.4, 0.5) is 0 Å². The van der Waals surface area contributed by atoms with Crippen molar-refractivity contribution in [3.63, 3.8) is 0 Å². The first-order chi connectivity index (χ1) is 7.97. The van der Waals surface area contributed by atoms with Crippen LogP contribution in [0.2, 0.25) is 0 Å². The number of rotatable bonds is 3. The van der Waals surface area contributed by atoms with E-state index in [2.05, 4.69) is 12.8 Å². The van der Waals surface area contributed by atoms with Crippen molar-refractivity contribution in [2.75, 3.05) is 6.61 Å². The standard InChI is InChI=1S/C13H20O4/c1-6-7-15-13-12(17-11(5)14)9(3)8(2)10(4)16-13/h1,8-10,12-13H,7H2,2-5H3/t8-,9+,10?,12?,13-/m1/s1. The minimum atomic E-state index is -0.573. The van der Waals surface area contributed by atoms with Crippen LogP contribution in [0.25, 0.3) is 0 Å². The molecule has 0 saturated carbocycles. The molecule has 4 heteroatoms. The molecule has 2 unspecified atom stereocenters. The van der Waals surface area contributed by atoms with Crippen LogP contribution in [0, 0.1) is 24.2 Å². The molecule has 0 aromatic rings. The molecule has 1 heterocycles. The van der Waals surface area contributed by atoms with Gasteiger partial charge in [-0.3, -0.25) is 4.79 Å². The molecular formula is C13H20O4. The van der Waals surface area contributed by atoms with Gasteiger partial charge < -0.3 is 14.2 Å².